The van der Waals surface area contributed by atoms with Crippen LogP contribution in [0.2, 0.25) is 0 Å². The Bertz CT molecular complexity index is 767. The third-order valence-corrected chi connectivity index (χ3v) is 4.51. The zero-order chi connectivity index (χ0) is 20.2. The summed E-state index contributed by atoms with van der Waals surface area (Å²) in [4.78, 5) is 23.1. The fourth-order valence-electron chi connectivity index (χ4n) is 2.81. The first-order chi connectivity index (χ1) is 13.6. The first kappa shape index (κ1) is 24.9. The van der Waals surface area contributed by atoms with Crippen LogP contribution < -0.4 is 10.6 Å². The van der Waals surface area contributed by atoms with Gasteiger partial charge >= 0.3 is 0 Å². The van der Waals surface area contributed by atoms with E-state index in [-0.39, 0.29) is 36.4 Å². The van der Waals surface area contributed by atoms with Crippen molar-refractivity contribution in [2.24, 2.45) is 4.99 Å². The molecule has 1 aromatic heterocycles. The number of halogens is 1. The quantitative estimate of drug-likeness (QED) is 0.310. The second-order valence-corrected chi connectivity index (χ2v) is 6.56. The number of aliphatic imine (C=N–C) groups is 1. The normalized spacial score (nSPS) is 10.8. The maximum absolute atomic E-state index is 12.4. The van der Waals surface area contributed by atoms with Crippen LogP contribution in [0.25, 0.3) is 0 Å². The van der Waals surface area contributed by atoms with Crippen molar-refractivity contribution in [3.05, 3.63) is 65.5 Å². The van der Waals surface area contributed by atoms with Crippen molar-refractivity contribution in [2.75, 3.05) is 26.7 Å². The van der Waals surface area contributed by atoms with Gasteiger partial charge in [0.1, 0.15) is 0 Å². The molecule has 0 spiro atoms. The largest absolute Gasteiger partial charge is 0.357 e. The molecule has 0 radical (unpaired) electrons. The Labute approximate surface area is 191 Å². The van der Waals surface area contributed by atoms with Crippen LogP contribution in [0.1, 0.15) is 30.7 Å². The number of aryl methyl sites for hydroxylation is 1. The van der Waals surface area contributed by atoms with Crippen molar-refractivity contribution in [1.82, 2.24) is 20.5 Å². The molecular weight excluding hydrogens is 477 g/mol. The van der Waals surface area contributed by atoms with Crippen molar-refractivity contribution in [3.8, 4) is 0 Å². The summed E-state index contributed by atoms with van der Waals surface area (Å²) in [6, 6.07) is 14.1. The first-order valence-corrected chi connectivity index (χ1v) is 9.86. The van der Waals surface area contributed by atoms with Crippen molar-refractivity contribution >= 4 is 35.8 Å². The summed E-state index contributed by atoms with van der Waals surface area (Å²) in [5.41, 5.74) is 3.49. The zero-order valence-electron chi connectivity index (χ0n) is 17.5. The Morgan fingerprint density at radius 1 is 1.07 bits per heavy atom. The number of carbonyl (C=O) groups excluding carboxylic acids is 1. The average Bonchev–Trinajstić information content (AvgIpc) is 2.74. The van der Waals surface area contributed by atoms with Gasteiger partial charge in [-0.2, -0.15) is 0 Å². The highest BCUT2D eigenvalue weighted by molar-refractivity contribution is 14.0. The smallest absolute Gasteiger partial charge is 0.241 e. The van der Waals surface area contributed by atoms with Crippen LogP contribution in [0.3, 0.4) is 0 Å². The van der Waals surface area contributed by atoms with Gasteiger partial charge in [-0.3, -0.25) is 9.78 Å². The molecule has 0 aliphatic heterocycles. The molecule has 6 nitrogen and oxygen atoms in total. The van der Waals surface area contributed by atoms with Crippen LogP contribution in [-0.2, 0) is 24.2 Å². The molecule has 0 aliphatic carbocycles. The van der Waals surface area contributed by atoms with E-state index in [1.165, 1.54) is 11.1 Å². The van der Waals surface area contributed by atoms with E-state index in [1.807, 2.05) is 38.2 Å². The lowest BCUT2D eigenvalue weighted by Crippen LogP contribution is -2.44. The van der Waals surface area contributed by atoms with E-state index in [9.17, 15) is 4.79 Å². The predicted molar refractivity (Wildman–Crippen MR) is 130 cm³/mol. The maximum atomic E-state index is 12.4. The molecule has 2 rings (SSSR count). The van der Waals surface area contributed by atoms with Gasteiger partial charge in [0, 0.05) is 38.4 Å². The second kappa shape index (κ2) is 13.9. The van der Waals surface area contributed by atoms with E-state index in [2.05, 4.69) is 45.7 Å². The number of hydrogen-bond acceptors (Lipinski definition) is 3. The number of nitrogens with one attached hydrogen (secondary N) is 2. The molecular formula is C22H32IN5O. The highest BCUT2D eigenvalue weighted by Crippen LogP contribution is 2.10. The summed E-state index contributed by atoms with van der Waals surface area (Å²) < 4.78 is 0. The van der Waals surface area contributed by atoms with E-state index >= 15 is 0 Å². The summed E-state index contributed by atoms with van der Waals surface area (Å²) in [5, 5.41) is 6.34. The van der Waals surface area contributed by atoms with Gasteiger partial charge in [0.25, 0.3) is 0 Å². The monoisotopic (exact) mass is 509 g/mol. The van der Waals surface area contributed by atoms with Gasteiger partial charge in [0.05, 0.1) is 13.1 Å². The minimum atomic E-state index is 0. The Hall–Kier alpha value is -2.16. The van der Waals surface area contributed by atoms with Crippen LogP contribution in [0.4, 0.5) is 0 Å². The molecule has 0 saturated carbocycles. The summed E-state index contributed by atoms with van der Waals surface area (Å²) in [5.74, 6) is 0.676. The number of guanidine groups is 1. The molecule has 7 heteroatoms. The molecule has 158 valence electrons. The number of hydrogen-bond donors (Lipinski definition) is 2. The lowest BCUT2D eigenvalue weighted by atomic mass is 10.1. The van der Waals surface area contributed by atoms with E-state index < -0.39 is 0 Å². The van der Waals surface area contributed by atoms with E-state index in [1.54, 1.807) is 11.1 Å². The first-order valence-electron chi connectivity index (χ1n) is 9.86. The minimum Gasteiger partial charge on any atom is -0.357 e. The summed E-state index contributed by atoms with van der Waals surface area (Å²) in [6.45, 7) is 6.33. The number of likely N-dealkylation sites (N-methyl/N-ethyl adjacent to an activating group) is 1. The SMILES string of the molecule is CCNC(=NCc1ccccc1CC)NCC(=O)N(C)CCc1ccccn1.I. The highest BCUT2D eigenvalue weighted by atomic mass is 127. The number of rotatable bonds is 9. The van der Waals surface area contributed by atoms with E-state index in [0.29, 0.717) is 19.0 Å². The molecule has 29 heavy (non-hydrogen) atoms. The maximum Gasteiger partial charge on any atom is 0.241 e. The van der Waals surface area contributed by atoms with Crippen molar-refractivity contribution in [1.29, 1.82) is 0 Å². The van der Waals surface area contributed by atoms with Gasteiger partial charge in [0.15, 0.2) is 5.96 Å². The molecule has 0 unspecified atom stereocenters. The summed E-state index contributed by atoms with van der Waals surface area (Å²) in [7, 11) is 1.81. The molecule has 0 saturated heterocycles. The number of pyridine rings is 1. The fourth-order valence-corrected chi connectivity index (χ4v) is 2.81. The molecule has 0 aliphatic rings. The minimum absolute atomic E-state index is 0. The number of nitrogens with zero attached hydrogens (tertiary/aromatic N) is 3. The highest BCUT2D eigenvalue weighted by Gasteiger charge is 2.10. The third-order valence-electron chi connectivity index (χ3n) is 4.51. The molecule has 1 heterocycles. The molecule has 0 fully saturated rings. The molecule has 0 bridgehead atoms. The average molecular weight is 509 g/mol. The van der Waals surface area contributed by atoms with Gasteiger partial charge in [-0.05, 0) is 36.6 Å². The summed E-state index contributed by atoms with van der Waals surface area (Å²) in [6.07, 6.45) is 3.49. The lowest BCUT2D eigenvalue weighted by Gasteiger charge is -2.18. The number of carbonyl (C=O) groups is 1. The van der Waals surface area contributed by atoms with Gasteiger partial charge < -0.3 is 15.5 Å². The van der Waals surface area contributed by atoms with E-state index in [0.717, 1.165) is 25.1 Å². The summed E-state index contributed by atoms with van der Waals surface area (Å²) >= 11 is 0. The van der Waals surface area contributed by atoms with Gasteiger partial charge in [0.2, 0.25) is 5.91 Å². The lowest BCUT2D eigenvalue weighted by molar-refractivity contribution is -0.128. The Morgan fingerprint density at radius 2 is 1.79 bits per heavy atom. The van der Waals surface area contributed by atoms with Crippen molar-refractivity contribution < 1.29 is 4.79 Å². The zero-order valence-corrected chi connectivity index (χ0v) is 19.8. The van der Waals surface area contributed by atoms with Gasteiger partial charge in [-0.25, -0.2) is 4.99 Å². The number of amides is 1. The third kappa shape index (κ3) is 8.81. The van der Waals surface area contributed by atoms with Gasteiger partial charge in [-0.15, -0.1) is 24.0 Å². The van der Waals surface area contributed by atoms with Crippen LogP contribution in [0.15, 0.2) is 53.7 Å². The molecule has 1 aromatic carbocycles. The van der Waals surface area contributed by atoms with E-state index in [4.69, 9.17) is 0 Å². The standard InChI is InChI=1S/C22H31N5O.HI/c1-4-18-10-6-7-11-19(18)16-25-22(23-5-2)26-17-21(28)27(3)15-13-20-12-8-9-14-24-20;/h6-12,14H,4-5,13,15-17H2,1-3H3,(H2,23,25,26);1H. The van der Waals surface area contributed by atoms with Crippen molar-refractivity contribution in [2.45, 2.75) is 33.2 Å². The Balaban J connectivity index is 0.00000420. The Kier molecular flexibility index (Phi) is 11.9. The molecule has 0 atom stereocenters. The van der Waals surface area contributed by atoms with Gasteiger partial charge in [-0.1, -0.05) is 37.3 Å². The Morgan fingerprint density at radius 3 is 2.45 bits per heavy atom. The van der Waals surface area contributed by atoms with Crippen LogP contribution in [-0.4, -0.2) is 48.4 Å². The number of benzene rings is 1. The molecule has 2 N–H and O–H groups in total. The fraction of sp³-hybridized carbons (Fsp3) is 0.409. The van der Waals surface area contributed by atoms with Crippen LogP contribution in [0.5, 0.6) is 0 Å². The molecule has 1 amide bonds. The number of aromatic nitrogens is 1. The topological polar surface area (TPSA) is 69.6 Å². The van der Waals surface area contributed by atoms with Crippen LogP contribution >= 0.6 is 24.0 Å². The van der Waals surface area contributed by atoms with Crippen molar-refractivity contribution in [3.63, 3.8) is 0 Å². The molecule has 2 aromatic rings. The van der Waals surface area contributed by atoms with Crippen LogP contribution in [0, 0.1) is 0 Å². The predicted octanol–water partition coefficient (Wildman–Crippen LogP) is 3.02. The second-order valence-electron chi connectivity index (χ2n) is 6.56.